The Morgan fingerprint density at radius 3 is 2.84 bits per heavy atom. The highest BCUT2D eigenvalue weighted by atomic mass is 32.2. The molecule has 1 saturated heterocycles. The lowest BCUT2D eigenvalue weighted by atomic mass is 10.1. The number of anilines is 2. The molecule has 19 heavy (non-hydrogen) atoms. The lowest BCUT2D eigenvalue weighted by molar-refractivity contribution is 0.270. The van der Waals surface area contributed by atoms with Crippen molar-refractivity contribution in [2.45, 2.75) is 32.2 Å². The van der Waals surface area contributed by atoms with Gasteiger partial charge in [-0.1, -0.05) is 6.42 Å². The first kappa shape index (κ1) is 14.1. The van der Waals surface area contributed by atoms with Crippen LogP contribution in [0.25, 0.3) is 0 Å². The number of nitrogen functional groups attached to an aromatic ring is 1. The smallest absolute Gasteiger partial charge is 0.301 e. The van der Waals surface area contributed by atoms with Gasteiger partial charge >= 0.3 is 10.2 Å². The number of hydrogen-bond donors (Lipinski definition) is 2. The maximum atomic E-state index is 13.1. The second-order valence-electron chi connectivity index (χ2n) is 4.79. The van der Waals surface area contributed by atoms with E-state index in [1.807, 2.05) is 6.92 Å². The molecule has 0 saturated carbocycles. The fourth-order valence-electron chi connectivity index (χ4n) is 2.24. The summed E-state index contributed by atoms with van der Waals surface area (Å²) in [5.74, 6) is -0.529. The van der Waals surface area contributed by atoms with Crippen LogP contribution in [-0.2, 0) is 10.2 Å². The molecule has 0 aliphatic carbocycles. The van der Waals surface area contributed by atoms with Gasteiger partial charge in [-0.15, -0.1) is 0 Å². The summed E-state index contributed by atoms with van der Waals surface area (Å²) in [6.07, 6.45) is 2.69. The van der Waals surface area contributed by atoms with Gasteiger partial charge < -0.3 is 5.73 Å². The van der Waals surface area contributed by atoms with Crippen LogP contribution in [0.15, 0.2) is 18.2 Å². The molecule has 0 amide bonds. The summed E-state index contributed by atoms with van der Waals surface area (Å²) in [4.78, 5) is 0. The molecule has 0 aromatic heterocycles. The van der Waals surface area contributed by atoms with Crippen molar-refractivity contribution in [3.63, 3.8) is 0 Å². The number of benzene rings is 1. The third kappa shape index (κ3) is 3.16. The molecule has 1 atom stereocenters. The van der Waals surface area contributed by atoms with Gasteiger partial charge in [-0.3, -0.25) is 4.72 Å². The van der Waals surface area contributed by atoms with Crippen LogP contribution >= 0.6 is 0 Å². The number of piperidine rings is 1. The van der Waals surface area contributed by atoms with Gasteiger partial charge in [-0.25, -0.2) is 4.39 Å². The molecule has 7 heteroatoms. The standard InChI is InChI=1S/C12H18FN3O2S/c1-9-4-2-3-7-16(9)19(17,18)15-12-8-10(13)5-6-11(12)14/h5-6,8-9,15H,2-4,7,14H2,1H3. The second-order valence-corrected chi connectivity index (χ2v) is 6.42. The Morgan fingerprint density at radius 1 is 1.42 bits per heavy atom. The zero-order valence-corrected chi connectivity index (χ0v) is 11.6. The number of nitrogens with one attached hydrogen (secondary N) is 1. The molecule has 0 bridgehead atoms. The topological polar surface area (TPSA) is 75.4 Å². The van der Waals surface area contributed by atoms with Gasteiger partial charge in [0.15, 0.2) is 0 Å². The van der Waals surface area contributed by atoms with Gasteiger partial charge in [0.1, 0.15) is 5.82 Å². The minimum Gasteiger partial charge on any atom is -0.397 e. The molecule has 1 aliphatic rings. The normalized spacial score (nSPS) is 21.3. The average molecular weight is 287 g/mol. The summed E-state index contributed by atoms with van der Waals surface area (Å²) < 4.78 is 41.4. The van der Waals surface area contributed by atoms with E-state index in [1.54, 1.807) is 0 Å². The van der Waals surface area contributed by atoms with Crippen molar-refractivity contribution in [3.05, 3.63) is 24.0 Å². The SMILES string of the molecule is CC1CCCCN1S(=O)(=O)Nc1cc(F)ccc1N. The molecular formula is C12H18FN3O2S. The first-order valence-electron chi connectivity index (χ1n) is 6.25. The lowest BCUT2D eigenvalue weighted by Crippen LogP contribution is -2.44. The van der Waals surface area contributed by atoms with Crippen molar-refractivity contribution in [2.75, 3.05) is 17.0 Å². The molecule has 1 aliphatic heterocycles. The maximum Gasteiger partial charge on any atom is 0.301 e. The van der Waals surface area contributed by atoms with E-state index < -0.39 is 16.0 Å². The number of halogens is 1. The molecule has 0 radical (unpaired) electrons. The molecule has 1 heterocycles. The van der Waals surface area contributed by atoms with Crippen LogP contribution in [0.5, 0.6) is 0 Å². The minimum absolute atomic E-state index is 0.0546. The van der Waals surface area contributed by atoms with E-state index in [1.165, 1.54) is 16.4 Å². The van der Waals surface area contributed by atoms with Crippen molar-refractivity contribution < 1.29 is 12.8 Å². The Morgan fingerprint density at radius 2 is 2.16 bits per heavy atom. The van der Waals surface area contributed by atoms with Crippen molar-refractivity contribution in [1.82, 2.24) is 4.31 Å². The van der Waals surface area contributed by atoms with Crippen molar-refractivity contribution in [2.24, 2.45) is 0 Å². The average Bonchev–Trinajstić information content (AvgIpc) is 2.34. The molecule has 106 valence electrons. The molecular weight excluding hydrogens is 269 g/mol. The van der Waals surface area contributed by atoms with E-state index in [0.717, 1.165) is 25.3 Å². The molecule has 2 rings (SSSR count). The number of rotatable bonds is 3. The largest absolute Gasteiger partial charge is 0.397 e. The summed E-state index contributed by atoms with van der Waals surface area (Å²) >= 11 is 0. The fraction of sp³-hybridized carbons (Fsp3) is 0.500. The van der Waals surface area contributed by atoms with Crippen molar-refractivity contribution in [3.8, 4) is 0 Å². The molecule has 5 nitrogen and oxygen atoms in total. The zero-order valence-electron chi connectivity index (χ0n) is 10.8. The quantitative estimate of drug-likeness (QED) is 0.834. The van der Waals surface area contributed by atoms with E-state index in [9.17, 15) is 12.8 Å². The third-order valence-corrected chi connectivity index (χ3v) is 4.94. The first-order chi connectivity index (χ1) is 8.90. The van der Waals surface area contributed by atoms with Gasteiger partial charge in [0.2, 0.25) is 0 Å². The monoisotopic (exact) mass is 287 g/mol. The molecule has 1 fully saturated rings. The Kier molecular flexibility index (Phi) is 3.96. The summed E-state index contributed by atoms with van der Waals surface area (Å²) in [5.41, 5.74) is 5.93. The van der Waals surface area contributed by atoms with E-state index in [-0.39, 0.29) is 17.4 Å². The van der Waals surface area contributed by atoms with Gasteiger partial charge in [-0.05, 0) is 31.9 Å². The second kappa shape index (κ2) is 5.34. The third-order valence-electron chi connectivity index (χ3n) is 3.31. The van der Waals surface area contributed by atoms with Gasteiger partial charge in [0.25, 0.3) is 0 Å². The molecule has 1 aromatic rings. The number of nitrogens with two attached hydrogens (primary N) is 1. The van der Waals surface area contributed by atoms with Gasteiger partial charge in [0.05, 0.1) is 11.4 Å². The Bertz CT molecular complexity index is 562. The Hall–Kier alpha value is -1.34. The zero-order chi connectivity index (χ0) is 14.0. The highest BCUT2D eigenvalue weighted by Crippen LogP contribution is 2.25. The van der Waals surface area contributed by atoms with E-state index in [0.29, 0.717) is 6.54 Å². The predicted octanol–water partition coefficient (Wildman–Crippen LogP) is 1.94. The molecule has 1 aromatic carbocycles. The lowest BCUT2D eigenvalue weighted by Gasteiger charge is -2.32. The summed E-state index contributed by atoms with van der Waals surface area (Å²) in [6, 6.07) is 3.56. The van der Waals surface area contributed by atoms with E-state index in [4.69, 9.17) is 5.73 Å². The molecule has 0 spiro atoms. The van der Waals surface area contributed by atoms with E-state index >= 15 is 0 Å². The van der Waals surface area contributed by atoms with Crippen LogP contribution in [0.4, 0.5) is 15.8 Å². The van der Waals surface area contributed by atoms with Crippen LogP contribution in [0, 0.1) is 5.82 Å². The maximum absolute atomic E-state index is 13.1. The highest BCUT2D eigenvalue weighted by Gasteiger charge is 2.29. The van der Waals surface area contributed by atoms with Crippen LogP contribution in [-0.4, -0.2) is 25.3 Å². The Labute approximate surface area is 112 Å². The molecule has 1 unspecified atom stereocenters. The summed E-state index contributed by atoms with van der Waals surface area (Å²) in [5, 5.41) is 0. The summed E-state index contributed by atoms with van der Waals surface area (Å²) in [6.45, 7) is 2.35. The van der Waals surface area contributed by atoms with Crippen LogP contribution in [0.3, 0.4) is 0 Å². The molecule has 3 N–H and O–H groups in total. The Balaban J connectivity index is 2.23. The van der Waals surface area contributed by atoms with E-state index in [2.05, 4.69) is 4.72 Å². The predicted molar refractivity (Wildman–Crippen MR) is 73.4 cm³/mol. The summed E-state index contributed by atoms with van der Waals surface area (Å²) in [7, 11) is -3.69. The van der Waals surface area contributed by atoms with Crippen molar-refractivity contribution >= 4 is 21.6 Å². The fourth-order valence-corrected chi connectivity index (χ4v) is 3.76. The highest BCUT2D eigenvalue weighted by molar-refractivity contribution is 7.90. The van der Waals surface area contributed by atoms with Gasteiger partial charge in [0, 0.05) is 18.7 Å². The van der Waals surface area contributed by atoms with Crippen molar-refractivity contribution in [1.29, 1.82) is 0 Å². The number of hydrogen-bond acceptors (Lipinski definition) is 3. The van der Waals surface area contributed by atoms with Gasteiger partial charge in [-0.2, -0.15) is 12.7 Å². The minimum atomic E-state index is -3.69. The first-order valence-corrected chi connectivity index (χ1v) is 7.69. The van der Waals surface area contributed by atoms with Crippen LogP contribution in [0.2, 0.25) is 0 Å². The number of nitrogens with zero attached hydrogens (tertiary/aromatic N) is 1. The van der Waals surface area contributed by atoms with Crippen LogP contribution < -0.4 is 10.5 Å². The van der Waals surface area contributed by atoms with Crippen LogP contribution in [0.1, 0.15) is 26.2 Å².